The number of rotatable bonds is 6. The minimum Gasteiger partial charge on any atom is -0.355 e. The molecule has 2 amide bonds. The number of nitrogens with one attached hydrogen (secondary N) is 2. The van der Waals surface area contributed by atoms with E-state index >= 15 is 0 Å². The highest BCUT2D eigenvalue weighted by molar-refractivity contribution is 7.12. The van der Waals surface area contributed by atoms with Gasteiger partial charge >= 0.3 is 0 Å². The Morgan fingerprint density at radius 3 is 2.59 bits per heavy atom. The summed E-state index contributed by atoms with van der Waals surface area (Å²) >= 11 is 1.37. The zero-order valence-corrected chi connectivity index (χ0v) is 12.9. The van der Waals surface area contributed by atoms with Crippen LogP contribution < -0.4 is 10.6 Å². The number of anilines is 1. The Balaban J connectivity index is 1.89. The molecule has 2 rings (SSSR count). The summed E-state index contributed by atoms with van der Waals surface area (Å²) in [6, 6.07) is 10.2. The predicted molar refractivity (Wildman–Crippen MR) is 86.3 cm³/mol. The molecule has 0 aliphatic carbocycles. The van der Waals surface area contributed by atoms with Crippen LogP contribution in [-0.4, -0.2) is 24.6 Å². The summed E-state index contributed by atoms with van der Waals surface area (Å²) in [7, 11) is 1.55. The van der Waals surface area contributed by atoms with Crippen LogP contribution in [0.3, 0.4) is 0 Å². The summed E-state index contributed by atoms with van der Waals surface area (Å²) in [6.45, 7) is 0. The minimum atomic E-state index is -0.251. The van der Waals surface area contributed by atoms with Gasteiger partial charge in [0, 0.05) is 31.1 Å². The second kappa shape index (κ2) is 7.51. The van der Waals surface area contributed by atoms with Gasteiger partial charge in [-0.15, -0.1) is 11.3 Å². The first-order chi connectivity index (χ1) is 10.6. The number of hydrogen-bond acceptors (Lipinski definition) is 4. The molecule has 0 atom stereocenters. The number of benzene rings is 1. The van der Waals surface area contributed by atoms with Crippen molar-refractivity contribution in [1.82, 2.24) is 5.32 Å². The van der Waals surface area contributed by atoms with E-state index in [-0.39, 0.29) is 30.4 Å². The quantitative estimate of drug-likeness (QED) is 0.805. The molecule has 22 heavy (non-hydrogen) atoms. The van der Waals surface area contributed by atoms with Crippen LogP contribution in [0.2, 0.25) is 0 Å². The maximum absolute atomic E-state index is 11.9. The molecule has 0 fully saturated rings. The lowest BCUT2D eigenvalue weighted by molar-refractivity contribution is -0.116. The summed E-state index contributed by atoms with van der Waals surface area (Å²) in [5, 5.41) is 7.05. The third-order valence-electron chi connectivity index (χ3n) is 3.01. The second-order valence-corrected chi connectivity index (χ2v) is 5.56. The van der Waals surface area contributed by atoms with E-state index in [9.17, 15) is 14.4 Å². The molecule has 2 N–H and O–H groups in total. The SMILES string of the molecule is CNC(=O)c1cccc(NC(=O)CCC(=O)c2cccs2)c1. The van der Waals surface area contributed by atoms with Crippen LogP contribution in [0.25, 0.3) is 0 Å². The van der Waals surface area contributed by atoms with Crippen molar-refractivity contribution in [2.45, 2.75) is 12.8 Å². The van der Waals surface area contributed by atoms with Gasteiger partial charge in [-0.1, -0.05) is 12.1 Å². The van der Waals surface area contributed by atoms with Gasteiger partial charge in [0.1, 0.15) is 0 Å². The highest BCUT2D eigenvalue weighted by Gasteiger charge is 2.11. The van der Waals surface area contributed by atoms with Gasteiger partial charge in [0.05, 0.1) is 4.88 Å². The first-order valence-electron chi connectivity index (χ1n) is 6.79. The molecule has 5 nitrogen and oxygen atoms in total. The highest BCUT2D eigenvalue weighted by Crippen LogP contribution is 2.14. The minimum absolute atomic E-state index is 0.0377. The summed E-state index contributed by atoms with van der Waals surface area (Å²) < 4.78 is 0. The fourth-order valence-electron chi connectivity index (χ4n) is 1.89. The van der Waals surface area contributed by atoms with Crippen molar-refractivity contribution in [2.24, 2.45) is 0 Å². The first kappa shape index (κ1) is 15.9. The smallest absolute Gasteiger partial charge is 0.251 e. The normalized spacial score (nSPS) is 10.0. The van der Waals surface area contributed by atoms with E-state index in [0.717, 1.165) is 0 Å². The molecule has 0 spiro atoms. The average Bonchev–Trinajstić information content (AvgIpc) is 3.06. The van der Waals surface area contributed by atoms with Gasteiger partial charge in [0.2, 0.25) is 5.91 Å². The van der Waals surface area contributed by atoms with Crippen molar-refractivity contribution in [3.63, 3.8) is 0 Å². The van der Waals surface area contributed by atoms with Gasteiger partial charge in [0.15, 0.2) is 5.78 Å². The zero-order chi connectivity index (χ0) is 15.9. The fourth-order valence-corrected chi connectivity index (χ4v) is 2.59. The van der Waals surface area contributed by atoms with Gasteiger partial charge in [-0.25, -0.2) is 0 Å². The first-order valence-corrected chi connectivity index (χ1v) is 7.67. The Labute approximate surface area is 132 Å². The number of amides is 2. The van der Waals surface area contributed by atoms with Crippen LogP contribution >= 0.6 is 11.3 Å². The lowest BCUT2D eigenvalue weighted by Gasteiger charge is -2.06. The maximum atomic E-state index is 11.9. The van der Waals surface area contributed by atoms with E-state index in [2.05, 4.69) is 10.6 Å². The van der Waals surface area contributed by atoms with E-state index in [1.54, 1.807) is 37.4 Å². The Kier molecular flexibility index (Phi) is 5.43. The lowest BCUT2D eigenvalue weighted by Crippen LogP contribution is -2.18. The zero-order valence-electron chi connectivity index (χ0n) is 12.1. The topological polar surface area (TPSA) is 75.3 Å². The summed E-state index contributed by atoms with van der Waals surface area (Å²) in [5.74, 6) is -0.507. The summed E-state index contributed by atoms with van der Waals surface area (Å²) in [4.78, 5) is 35.9. The highest BCUT2D eigenvalue weighted by atomic mass is 32.1. The Morgan fingerprint density at radius 2 is 1.91 bits per heavy atom. The van der Waals surface area contributed by atoms with Crippen LogP contribution in [0, 0.1) is 0 Å². The molecular weight excluding hydrogens is 300 g/mol. The third kappa shape index (κ3) is 4.26. The molecule has 0 bridgehead atoms. The molecule has 114 valence electrons. The van der Waals surface area contributed by atoms with E-state index in [1.807, 2.05) is 11.4 Å². The molecule has 6 heteroatoms. The molecule has 2 aromatic rings. The molecule has 1 aromatic carbocycles. The second-order valence-electron chi connectivity index (χ2n) is 4.61. The van der Waals surface area contributed by atoms with E-state index in [0.29, 0.717) is 16.1 Å². The van der Waals surface area contributed by atoms with Gasteiger partial charge in [-0.3, -0.25) is 14.4 Å². The molecule has 1 heterocycles. The Bertz CT molecular complexity index is 680. The van der Waals surface area contributed by atoms with Crippen molar-refractivity contribution < 1.29 is 14.4 Å². The Hall–Kier alpha value is -2.47. The molecule has 0 aliphatic rings. The van der Waals surface area contributed by atoms with Crippen LogP contribution in [0.1, 0.15) is 32.9 Å². The van der Waals surface area contributed by atoms with Crippen LogP contribution in [-0.2, 0) is 4.79 Å². The van der Waals surface area contributed by atoms with Crippen molar-refractivity contribution in [3.05, 3.63) is 52.2 Å². The lowest BCUT2D eigenvalue weighted by atomic mass is 10.1. The maximum Gasteiger partial charge on any atom is 0.251 e. The number of Topliss-reactive ketones (excluding diaryl/α,β-unsaturated/α-hetero) is 1. The summed E-state index contributed by atoms with van der Waals surface area (Å²) in [5.41, 5.74) is 1.00. The number of carbonyl (C=O) groups is 3. The van der Waals surface area contributed by atoms with Gasteiger partial charge in [-0.05, 0) is 29.6 Å². The van der Waals surface area contributed by atoms with Crippen molar-refractivity contribution in [2.75, 3.05) is 12.4 Å². The van der Waals surface area contributed by atoms with Gasteiger partial charge < -0.3 is 10.6 Å². The van der Waals surface area contributed by atoms with Gasteiger partial charge in [-0.2, -0.15) is 0 Å². The summed E-state index contributed by atoms with van der Waals surface area (Å²) in [6.07, 6.45) is 0.280. The molecule has 0 unspecified atom stereocenters. The Morgan fingerprint density at radius 1 is 1.09 bits per heavy atom. The van der Waals surface area contributed by atoms with E-state index in [1.165, 1.54) is 11.3 Å². The predicted octanol–water partition coefficient (Wildman–Crippen LogP) is 2.71. The van der Waals surface area contributed by atoms with Crippen LogP contribution in [0.5, 0.6) is 0 Å². The largest absolute Gasteiger partial charge is 0.355 e. The number of thiophene rings is 1. The average molecular weight is 316 g/mol. The molecule has 1 aromatic heterocycles. The third-order valence-corrected chi connectivity index (χ3v) is 3.92. The van der Waals surface area contributed by atoms with Crippen molar-refractivity contribution >= 4 is 34.6 Å². The molecular formula is C16H16N2O3S. The van der Waals surface area contributed by atoms with Gasteiger partial charge in [0.25, 0.3) is 5.91 Å². The van der Waals surface area contributed by atoms with E-state index in [4.69, 9.17) is 0 Å². The standard InChI is InChI=1S/C16H16N2O3S/c1-17-16(21)11-4-2-5-12(10-11)18-15(20)8-7-13(19)14-6-3-9-22-14/h2-6,9-10H,7-8H2,1H3,(H,17,21)(H,18,20). The number of ketones is 1. The van der Waals surface area contributed by atoms with E-state index < -0.39 is 0 Å². The molecule has 0 saturated carbocycles. The molecule has 0 radical (unpaired) electrons. The van der Waals surface area contributed by atoms with Crippen molar-refractivity contribution in [3.8, 4) is 0 Å². The van der Waals surface area contributed by atoms with Crippen LogP contribution in [0.15, 0.2) is 41.8 Å². The fraction of sp³-hybridized carbons (Fsp3) is 0.188. The van der Waals surface area contributed by atoms with Crippen LogP contribution in [0.4, 0.5) is 5.69 Å². The molecule has 0 saturated heterocycles. The van der Waals surface area contributed by atoms with Crippen molar-refractivity contribution in [1.29, 1.82) is 0 Å². The number of hydrogen-bond donors (Lipinski definition) is 2. The monoisotopic (exact) mass is 316 g/mol. The number of carbonyl (C=O) groups excluding carboxylic acids is 3. The molecule has 0 aliphatic heterocycles.